The van der Waals surface area contributed by atoms with Gasteiger partial charge in [0.15, 0.2) is 11.5 Å². The Morgan fingerprint density at radius 2 is 1.96 bits per heavy atom. The third-order valence-corrected chi connectivity index (χ3v) is 4.07. The van der Waals surface area contributed by atoms with Crippen molar-refractivity contribution in [1.29, 1.82) is 0 Å². The summed E-state index contributed by atoms with van der Waals surface area (Å²) >= 11 is 0. The summed E-state index contributed by atoms with van der Waals surface area (Å²) in [5.41, 5.74) is 7.91. The Bertz CT molecular complexity index is 645. The van der Waals surface area contributed by atoms with Crippen molar-refractivity contribution in [2.24, 2.45) is 5.73 Å². The van der Waals surface area contributed by atoms with E-state index in [4.69, 9.17) is 15.2 Å². The van der Waals surface area contributed by atoms with Crippen LogP contribution in [0.4, 0.5) is 4.39 Å². The summed E-state index contributed by atoms with van der Waals surface area (Å²) in [5, 5.41) is 0. The van der Waals surface area contributed by atoms with Gasteiger partial charge in [-0.2, -0.15) is 0 Å². The largest absolute Gasteiger partial charge is 0.493 e. The highest BCUT2D eigenvalue weighted by Crippen LogP contribution is 2.30. The van der Waals surface area contributed by atoms with Crippen LogP contribution >= 0.6 is 0 Å². The van der Waals surface area contributed by atoms with Crippen LogP contribution in [0.1, 0.15) is 36.8 Å². The molecule has 0 aliphatic heterocycles. The Kier molecular flexibility index (Phi) is 7.07. The lowest BCUT2D eigenvalue weighted by Gasteiger charge is -2.17. The first-order valence-corrected chi connectivity index (χ1v) is 8.43. The quantitative estimate of drug-likeness (QED) is 0.697. The smallest absolute Gasteiger partial charge is 0.161 e. The van der Waals surface area contributed by atoms with Crippen molar-refractivity contribution < 1.29 is 13.9 Å². The van der Waals surface area contributed by atoms with Gasteiger partial charge in [0.05, 0.1) is 13.7 Å². The standard InChI is InChI=1S/C20H26FNO2/c1-3-4-10-24-19-9-8-15(12-20(19)23-2)11-17(14-22)16-6-5-7-18(21)13-16/h5-9,12-13,17H,3-4,10-11,14,22H2,1-2H3. The van der Waals surface area contributed by atoms with Gasteiger partial charge >= 0.3 is 0 Å². The van der Waals surface area contributed by atoms with Gasteiger partial charge in [-0.1, -0.05) is 31.5 Å². The van der Waals surface area contributed by atoms with Gasteiger partial charge in [0.25, 0.3) is 0 Å². The molecule has 3 nitrogen and oxygen atoms in total. The Morgan fingerprint density at radius 3 is 2.62 bits per heavy atom. The van der Waals surface area contributed by atoms with E-state index in [1.54, 1.807) is 19.2 Å². The number of rotatable bonds is 9. The fraction of sp³-hybridized carbons (Fsp3) is 0.400. The number of benzene rings is 2. The molecule has 2 aromatic rings. The fourth-order valence-electron chi connectivity index (χ4n) is 2.67. The Morgan fingerprint density at radius 1 is 1.12 bits per heavy atom. The molecule has 2 aromatic carbocycles. The zero-order chi connectivity index (χ0) is 17.4. The van der Waals surface area contributed by atoms with Crippen molar-refractivity contribution in [1.82, 2.24) is 0 Å². The summed E-state index contributed by atoms with van der Waals surface area (Å²) in [5.74, 6) is 1.31. The maximum absolute atomic E-state index is 13.4. The molecule has 4 heteroatoms. The van der Waals surface area contributed by atoms with Crippen molar-refractivity contribution in [3.63, 3.8) is 0 Å². The summed E-state index contributed by atoms with van der Waals surface area (Å²) in [7, 11) is 1.64. The van der Waals surface area contributed by atoms with E-state index >= 15 is 0 Å². The Labute approximate surface area is 143 Å². The van der Waals surface area contributed by atoms with E-state index < -0.39 is 0 Å². The molecule has 0 saturated heterocycles. The summed E-state index contributed by atoms with van der Waals surface area (Å²) in [6.07, 6.45) is 2.83. The van der Waals surface area contributed by atoms with Crippen LogP contribution in [0.5, 0.6) is 11.5 Å². The molecular formula is C20H26FNO2. The topological polar surface area (TPSA) is 44.5 Å². The molecule has 0 aliphatic rings. The van der Waals surface area contributed by atoms with Crippen LogP contribution in [0.15, 0.2) is 42.5 Å². The first-order chi connectivity index (χ1) is 11.7. The number of hydrogen-bond donors (Lipinski definition) is 1. The molecule has 0 fully saturated rings. The van der Waals surface area contributed by atoms with E-state index in [0.717, 1.165) is 41.9 Å². The maximum Gasteiger partial charge on any atom is 0.161 e. The second-order valence-corrected chi connectivity index (χ2v) is 5.88. The average molecular weight is 331 g/mol. The minimum Gasteiger partial charge on any atom is -0.493 e. The van der Waals surface area contributed by atoms with Crippen LogP contribution < -0.4 is 15.2 Å². The molecule has 0 radical (unpaired) electrons. The molecule has 1 atom stereocenters. The molecule has 0 bridgehead atoms. The Balaban J connectivity index is 2.13. The zero-order valence-electron chi connectivity index (χ0n) is 14.4. The van der Waals surface area contributed by atoms with Gasteiger partial charge in [0.1, 0.15) is 5.82 Å². The third kappa shape index (κ3) is 4.96. The number of methoxy groups -OCH3 is 1. The van der Waals surface area contributed by atoms with Gasteiger partial charge in [-0.3, -0.25) is 0 Å². The molecular weight excluding hydrogens is 305 g/mol. The second-order valence-electron chi connectivity index (χ2n) is 5.88. The highest BCUT2D eigenvalue weighted by atomic mass is 19.1. The van der Waals surface area contributed by atoms with E-state index in [0.29, 0.717) is 13.2 Å². The summed E-state index contributed by atoms with van der Waals surface area (Å²) < 4.78 is 24.6. The van der Waals surface area contributed by atoms with Crippen molar-refractivity contribution in [2.45, 2.75) is 32.1 Å². The predicted octanol–water partition coefficient (Wildman–Crippen LogP) is 4.30. The van der Waals surface area contributed by atoms with Crippen molar-refractivity contribution in [3.8, 4) is 11.5 Å². The zero-order valence-corrected chi connectivity index (χ0v) is 14.4. The molecule has 0 amide bonds. The molecule has 0 aliphatic carbocycles. The van der Waals surface area contributed by atoms with Gasteiger partial charge in [-0.15, -0.1) is 0 Å². The van der Waals surface area contributed by atoms with E-state index in [-0.39, 0.29) is 11.7 Å². The monoisotopic (exact) mass is 331 g/mol. The van der Waals surface area contributed by atoms with Gasteiger partial charge in [-0.05, 0) is 54.8 Å². The lowest BCUT2D eigenvalue weighted by molar-refractivity contribution is 0.288. The number of nitrogens with two attached hydrogens (primary N) is 1. The molecule has 130 valence electrons. The minimum absolute atomic E-state index is 0.0669. The van der Waals surface area contributed by atoms with Crippen molar-refractivity contribution in [3.05, 3.63) is 59.4 Å². The predicted molar refractivity (Wildman–Crippen MR) is 95.3 cm³/mol. The van der Waals surface area contributed by atoms with Gasteiger partial charge in [0, 0.05) is 5.92 Å². The van der Waals surface area contributed by atoms with E-state index in [1.807, 2.05) is 24.3 Å². The molecule has 0 spiro atoms. The number of ether oxygens (including phenoxy) is 2. The normalized spacial score (nSPS) is 12.0. The van der Waals surface area contributed by atoms with Crippen LogP contribution in [0.2, 0.25) is 0 Å². The molecule has 0 heterocycles. The Hall–Kier alpha value is -2.07. The van der Waals surface area contributed by atoms with Gasteiger partial charge in [0.2, 0.25) is 0 Å². The lowest BCUT2D eigenvalue weighted by Crippen LogP contribution is -2.15. The highest BCUT2D eigenvalue weighted by molar-refractivity contribution is 5.43. The summed E-state index contributed by atoms with van der Waals surface area (Å²) in [4.78, 5) is 0. The van der Waals surface area contributed by atoms with Crippen molar-refractivity contribution in [2.75, 3.05) is 20.3 Å². The first kappa shape index (κ1) is 18.3. The third-order valence-electron chi connectivity index (χ3n) is 4.07. The SMILES string of the molecule is CCCCOc1ccc(CC(CN)c2cccc(F)c2)cc1OC. The molecule has 2 N–H and O–H groups in total. The minimum atomic E-state index is -0.233. The fourth-order valence-corrected chi connectivity index (χ4v) is 2.67. The van der Waals surface area contributed by atoms with Crippen LogP contribution in [-0.2, 0) is 6.42 Å². The van der Waals surface area contributed by atoms with Crippen LogP contribution in [0, 0.1) is 5.82 Å². The average Bonchev–Trinajstić information content (AvgIpc) is 2.60. The highest BCUT2D eigenvalue weighted by Gasteiger charge is 2.13. The van der Waals surface area contributed by atoms with E-state index in [2.05, 4.69) is 6.92 Å². The van der Waals surface area contributed by atoms with Crippen LogP contribution in [0.25, 0.3) is 0 Å². The molecule has 1 unspecified atom stereocenters. The van der Waals surface area contributed by atoms with E-state index in [1.165, 1.54) is 6.07 Å². The number of unbranched alkanes of at least 4 members (excludes halogenated alkanes) is 1. The second kappa shape index (κ2) is 9.28. The molecule has 0 saturated carbocycles. The van der Waals surface area contributed by atoms with Crippen LogP contribution in [-0.4, -0.2) is 20.3 Å². The molecule has 24 heavy (non-hydrogen) atoms. The maximum atomic E-state index is 13.4. The van der Waals surface area contributed by atoms with Gasteiger partial charge in [-0.25, -0.2) is 4.39 Å². The van der Waals surface area contributed by atoms with Crippen LogP contribution in [0.3, 0.4) is 0 Å². The summed E-state index contributed by atoms with van der Waals surface area (Å²) in [6, 6.07) is 12.6. The molecule has 2 rings (SSSR count). The summed E-state index contributed by atoms with van der Waals surface area (Å²) in [6.45, 7) is 3.27. The first-order valence-electron chi connectivity index (χ1n) is 8.43. The number of hydrogen-bond acceptors (Lipinski definition) is 3. The lowest BCUT2D eigenvalue weighted by atomic mass is 9.92. The molecule has 0 aromatic heterocycles. The van der Waals surface area contributed by atoms with E-state index in [9.17, 15) is 4.39 Å². The van der Waals surface area contributed by atoms with Gasteiger partial charge < -0.3 is 15.2 Å². The number of halogens is 1. The van der Waals surface area contributed by atoms with Crippen molar-refractivity contribution >= 4 is 0 Å².